The van der Waals surface area contributed by atoms with Crippen LogP contribution in [0.2, 0.25) is 0 Å². The third-order valence-corrected chi connectivity index (χ3v) is 3.71. The van der Waals surface area contributed by atoms with E-state index in [-0.39, 0.29) is 5.82 Å². The summed E-state index contributed by atoms with van der Waals surface area (Å²) in [5.41, 5.74) is 0.983. The van der Waals surface area contributed by atoms with Crippen LogP contribution in [0.1, 0.15) is 4.88 Å². The molecule has 0 fully saturated rings. The van der Waals surface area contributed by atoms with Crippen molar-refractivity contribution in [3.05, 3.63) is 64.9 Å². The molecule has 5 heteroatoms. The van der Waals surface area contributed by atoms with Gasteiger partial charge in [-0.05, 0) is 23.6 Å². The van der Waals surface area contributed by atoms with E-state index < -0.39 is 0 Å². The van der Waals surface area contributed by atoms with E-state index in [9.17, 15) is 4.39 Å². The molecule has 3 aromatic rings. The maximum Gasteiger partial charge on any atom is 0.152 e. The van der Waals surface area contributed by atoms with Gasteiger partial charge in [-0.25, -0.2) is 9.37 Å². The molecule has 0 aliphatic carbocycles. The highest BCUT2D eigenvalue weighted by Gasteiger charge is 2.11. The number of hydrogen-bond donors (Lipinski definition) is 1. The molecule has 0 spiro atoms. The smallest absolute Gasteiger partial charge is 0.152 e. The fourth-order valence-electron chi connectivity index (χ4n) is 1.90. The summed E-state index contributed by atoms with van der Waals surface area (Å²) in [6.45, 7) is 0.651. The Morgan fingerprint density at radius 1 is 1.05 bits per heavy atom. The van der Waals surface area contributed by atoms with Crippen LogP contribution in [-0.4, -0.2) is 9.97 Å². The number of anilines is 1. The summed E-state index contributed by atoms with van der Waals surface area (Å²) in [6, 6.07) is 10.6. The fraction of sp³-hybridized carbons (Fsp3) is 0.0667. The first-order valence-corrected chi connectivity index (χ1v) is 7.05. The Morgan fingerprint density at radius 2 is 1.90 bits per heavy atom. The Bertz CT molecular complexity index is 698. The zero-order valence-corrected chi connectivity index (χ0v) is 11.4. The third-order valence-electron chi connectivity index (χ3n) is 2.84. The monoisotopic (exact) mass is 285 g/mol. The van der Waals surface area contributed by atoms with E-state index in [1.807, 2.05) is 17.5 Å². The molecule has 0 atom stereocenters. The lowest BCUT2D eigenvalue weighted by Crippen LogP contribution is -2.03. The van der Waals surface area contributed by atoms with Crippen molar-refractivity contribution in [1.82, 2.24) is 9.97 Å². The molecule has 2 heterocycles. The Labute approximate surface area is 120 Å². The number of halogens is 1. The summed E-state index contributed by atoms with van der Waals surface area (Å²) in [5.74, 6) is 0.290. The molecule has 0 saturated heterocycles. The summed E-state index contributed by atoms with van der Waals surface area (Å²) in [4.78, 5) is 9.70. The van der Waals surface area contributed by atoms with Crippen LogP contribution in [0.3, 0.4) is 0 Å². The molecule has 0 unspecified atom stereocenters. The summed E-state index contributed by atoms with van der Waals surface area (Å²) in [5, 5.41) is 5.23. The van der Waals surface area contributed by atoms with E-state index in [4.69, 9.17) is 0 Å². The van der Waals surface area contributed by atoms with E-state index in [1.165, 1.54) is 10.9 Å². The minimum Gasteiger partial charge on any atom is -0.363 e. The molecule has 0 amide bonds. The first-order valence-electron chi connectivity index (χ1n) is 6.17. The second-order valence-corrected chi connectivity index (χ2v) is 5.20. The Morgan fingerprint density at radius 3 is 2.70 bits per heavy atom. The van der Waals surface area contributed by atoms with Crippen molar-refractivity contribution in [2.45, 2.75) is 6.54 Å². The van der Waals surface area contributed by atoms with Gasteiger partial charge in [-0.3, -0.25) is 4.98 Å². The third kappa shape index (κ3) is 2.67. The first kappa shape index (κ1) is 12.7. The highest BCUT2D eigenvalue weighted by molar-refractivity contribution is 7.09. The van der Waals surface area contributed by atoms with Crippen molar-refractivity contribution in [2.75, 3.05) is 5.32 Å². The second-order valence-electron chi connectivity index (χ2n) is 4.17. The molecule has 20 heavy (non-hydrogen) atoms. The molecule has 100 valence electrons. The van der Waals surface area contributed by atoms with E-state index in [1.54, 1.807) is 41.9 Å². The topological polar surface area (TPSA) is 37.8 Å². The van der Waals surface area contributed by atoms with E-state index in [2.05, 4.69) is 15.3 Å². The van der Waals surface area contributed by atoms with Crippen LogP contribution in [0.5, 0.6) is 0 Å². The standard InChI is InChI=1S/C15H12FN3S/c16-13-6-2-1-5-12(13)14-15(18-8-7-17-14)19-10-11-4-3-9-20-11/h1-9H,10H2,(H,18,19). The van der Waals surface area contributed by atoms with Gasteiger partial charge in [0, 0.05) is 22.8 Å². The van der Waals surface area contributed by atoms with Gasteiger partial charge >= 0.3 is 0 Å². The van der Waals surface area contributed by atoms with Crippen LogP contribution >= 0.6 is 11.3 Å². The quantitative estimate of drug-likeness (QED) is 0.788. The van der Waals surface area contributed by atoms with Gasteiger partial charge in [0.15, 0.2) is 5.82 Å². The zero-order chi connectivity index (χ0) is 13.8. The number of rotatable bonds is 4. The van der Waals surface area contributed by atoms with E-state index in [0.29, 0.717) is 23.6 Å². The molecule has 0 bridgehead atoms. The van der Waals surface area contributed by atoms with Crippen LogP contribution in [0.4, 0.5) is 10.2 Å². The molecule has 3 rings (SSSR count). The Hall–Kier alpha value is -2.27. The molecule has 2 aromatic heterocycles. The van der Waals surface area contributed by atoms with Gasteiger partial charge in [0.25, 0.3) is 0 Å². The van der Waals surface area contributed by atoms with Crippen molar-refractivity contribution < 1.29 is 4.39 Å². The van der Waals surface area contributed by atoms with Crippen LogP contribution in [0.25, 0.3) is 11.3 Å². The fourth-order valence-corrected chi connectivity index (χ4v) is 2.55. The molecule has 0 saturated carbocycles. The average Bonchev–Trinajstić information content (AvgIpc) is 2.99. The number of aromatic nitrogens is 2. The predicted molar refractivity (Wildman–Crippen MR) is 79.1 cm³/mol. The lowest BCUT2D eigenvalue weighted by atomic mass is 10.1. The van der Waals surface area contributed by atoms with Gasteiger partial charge in [-0.2, -0.15) is 0 Å². The first-order chi connectivity index (χ1) is 9.84. The normalized spacial score (nSPS) is 10.4. The molecule has 0 radical (unpaired) electrons. The van der Waals surface area contributed by atoms with Gasteiger partial charge in [-0.1, -0.05) is 18.2 Å². The Balaban J connectivity index is 1.90. The number of benzene rings is 1. The molecule has 3 nitrogen and oxygen atoms in total. The van der Waals surface area contributed by atoms with Gasteiger partial charge in [0.1, 0.15) is 11.5 Å². The summed E-state index contributed by atoms with van der Waals surface area (Å²) < 4.78 is 13.9. The summed E-state index contributed by atoms with van der Waals surface area (Å²) in [6.07, 6.45) is 3.17. The highest BCUT2D eigenvalue weighted by atomic mass is 32.1. The van der Waals surface area contributed by atoms with E-state index >= 15 is 0 Å². The van der Waals surface area contributed by atoms with Gasteiger partial charge in [-0.15, -0.1) is 11.3 Å². The van der Waals surface area contributed by atoms with Crippen LogP contribution < -0.4 is 5.32 Å². The minimum absolute atomic E-state index is 0.299. The minimum atomic E-state index is -0.299. The summed E-state index contributed by atoms with van der Waals surface area (Å²) in [7, 11) is 0. The molecule has 0 aliphatic heterocycles. The number of hydrogen-bond acceptors (Lipinski definition) is 4. The van der Waals surface area contributed by atoms with E-state index in [0.717, 1.165) is 0 Å². The van der Waals surface area contributed by atoms with Crippen LogP contribution in [0.15, 0.2) is 54.2 Å². The van der Waals surface area contributed by atoms with Crippen molar-refractivity contribution in [1.29, 1.82) is 0 Å². The molecule has 0 aliphatic rings. The van der Waals surface area contributed by atoms with Crippen molar-refractivity contribution in [3.8, 4) is 11.3 Å². The van der Waals surface area contributed by atoms with Gasteiger partial charge in [0.2, 0.25) is 0 Å². The predicted octanol–water partition coefficient (Wildman–Crippen LogP) is 3.96. The molecule has 1 N–H and O–H groups in total. The van der Waals surface area contributed by atoms with Crippen LogP contribution in [0, 0.1) is 5.82 Å². The van der Waals surface area contributed by atoms with Crippen LogP contribution in [-0.2, 0) is 6.54 Å². The molecule has 1 aromatic carbocycles. The maximum absolute atomic E-state index is 13.9. The van der Waals surface area contributed by atoms with Gasteiger partial charge < -0.3 is 5.32 Å². The van der Waals surface area contributed by atoms with Gasteiger partial charge in [0.05, 0.1) is 6.54 Å². The SMILES string of the molecule is Fc1ccccc1-c1nccnc1NCc1cccs1. The largest absolute Gasteiger partial charge is 0.363 e. The lowest BCUT2D eigenvalue weighted by Gasteiger charge is -2.09. The Kier molecular flexibility index (Phi) is 3.69. The zero-order valence-electron chi connectivity index (χ0n) is 10.6. The number of nitrogens with zero attached hydrogens (tertiary/aromatic N) is 2. The molecular formula is C15H12FN3S. The van der Waals surface area contributed by atoms with Crippen molar-refractivity contribution in [2.24, 2.45) is 0 Å². The highest BCUT2D eigenvalue weighted by Crippen LogP contribution is 2.26. The van der Waals surface area contributed by atoms with Crippen molar-refractivity contribution in [3.63, 3.8) is 0 Å². The van der Waals surface area contributed by atoms with Crippen molar-refractivity contribution >= 4 is 17.2 Å². The molecular weight excluding hydrogens is 273 g/mol. The number of nitrogens with one attached hydrogen (secondary N) is 1. The lowest BCUT2D eigenvalue weighted by molar-refractivity contribution is 0.630. The second kappa shape index (κ2) is 5.79. The number of thiophene rings is 1. The summed E-state index contributed by atoms with van der Waals surface area (Å²) >= 11 is 1.66. The average molecular weight is 285 g/mol. The maximum atomic E-state index is 13.9.